The first kappa shape index (κ1) is 19.2. The maximum Gasteiger partial charge on any atom is 0.315 e. The Morgan fingerprint density at radius 2 is 1.96 bits per heavy atom. The average Bonchev–Trinajstić information content (AvgIpc) is 2.62. The predicted molar refractivity (Wildman–Crippen MR) is 99.3 cm³/mol. The summed E-state index contributed by atoms with van der Waals surface area (Å²) in [4.78, 5) is 27.8. The van der Waals surface area contributed by atoms with E-state index in [-0.39, 0.29) is 24.0 Å². The van der Waals surface area contributed by atoms with Gasteiger partial charge < -0.3 is 15.5 Å². The van der Waals surface area contributed by atoms with Crippen LogP contribution in [-0.2, 0) is 4.79 Å². The zero-order valence-electron chi connectivity index (χ0n) is 15.5. The van der Waals surface area contributed by atoms with Crippen LogP contribution in [0.25, 0.3) is 0 Å². The van der Waals surface area contributed by atoms with Gasteiger partial charge in [0, 0.05) is 32.6 Å². The highest BCUT2D eigenvalue weighted by molar-refractivity contribution is 5.78. The third-order valence-electron chi connectivity index (χ3n) is 4.86. The van der Waals surface area contributed by atoms with Crippen LogP contribution in [0.4, 0.5) is 4.79 Å². The quantitative estimate of drug-likeness (QED) is 0.794. The summed E-state index contributed by atoms with van der Waals surface area (Å²) in [7, 11) is 1.78. The number of piperidine rings is 1. The minimum absolute atomic E-state index is 0.0197. The molecule has 6 nitrogen and oxygen atoms in total. The minimum Gasteiger partial charge on any atom is -0.344 e. The lowest BCUT2D eigenvalue weighted by Gasteiger charge is -2.32. The maximum absolute atomic E-state index is 12.3. The first-order valence-corrected chi connectivity index (χ1v) is 9.12. The SMILES string of the molecule is CCN(CC)[C@@H](CNC(=O)N[C@@H]1CCC(=O)N(C)C1)c1ccccc1. The van der Waals surface area contributed by atoms with Gasteiger partial charge in [-0.1, -0.05) is 44.2 Å². The Bertz CT molecular complexity index is 560. The number of benzene rings is 1. The lowest BCUT2D eigenvalue weighted by atomic mass is 10.0. The summed E-state index contributed by atoms with van der Waals surface area (Å²) in [6.45, 7) is 7.25. The van der Waals surface area contributed by atoms with Crippen LogP contribution in [0.15, 0.2) is 30.3 Å². The molecule has 2 atom stereocenters. The maximum atomic E-state index is 12.3. The summed E-state index contributed by atoms with van der Waals surface area (Å²) in [6.07, 6.45) is 1.20. The van der Waals surface area contributed by atoms with Crippen molar-refractivity contribution >= 4 is 11.9 Å². The van der Waals surface area contributed by atoms with E-state index in [2.05, 4.69) is 41.5 Å². The molecule has 1 aliphatic heterocycles. The number of likely N-dealkylation sites (N-methyl/N-ethyl adjacent to an activating group) is 2. The smallest absolute Gasteiger partial charge is 0.315 e. The normalized spacial score (nSPS) is 19.0. The Hall–Kier alpha value is -2.08. The first-order chi connectivity index (χ1) is 12.0. The van der Waals surface area contributed by atoms with Crippen LogP contribution in [-0.4, -0.2) is 61.0 Å². The highest BCUT2D eigenvalue weighted by Crippen LogP contribution is 2.19. The molecular formula is C19H30N4O2. The standard InChI is InChI=1S/C19H30N4O2/c1-4-23(5-2)17(15-9-7-6-8-10-15)13-20-19(25)21-16-11-12-18(24)22(3)14-16/h6-10,16-17H,4-5,11-14H2,1-3H3,(H2,20,21,25)/t16-,17+/m1/s1. The Morgan fingerprint density at radius 1 is 1.28 bits per heavy atom. The molecule has 1 heterocycles. The number of hydrogen-bond donors (Lipinski definition) is 2. The van der Waals surface area contributed by atoms with Gasteiger partial charge in [0.25, 0.3) is 0 Å². The van der Waals surface area contributed by atoms with Crippen molar-refractivity contribution < 1.29 is 9.59 Å². The van der Waals surface area contributed by atoms with Crippen molar-refractivity contribution in [2.24, 2.45) is 0 Å². The van der Waals surface area contributed by atoms with Gasteiger partial charge in [0.1, 0.15) is 0 Å². The monoisotopic (exact) mass is 346 g/mol. The highest BCUT2D eigenvalue weighted by atomic mass is 16.2. The van der Waals surface area contributed by atoms with Gasteiger partial charge >= 0.3 is 6.03 Å². The van der Waals surface area contributed by atoms with Gasteiger partial charge in [-0.15, -0.1) is 0 Å². The van der Waals surface area contributed by atoms with Gasteiger partial charge in [-0.3, -0.25) is 9.69 Å². The lowest BCUT2D eigenvalue weighted by Crippen LogP contribution is -2.52. The molecule has 1 aromatic rings. The lowest BCUT2D eigenvalue weighted by molar-refractivity contribution is -0.132. The molecule has 6 heteroatoms. The number of carbonyl (C=O) groups is 2. The summed E-state index contributed by atoms with van der Waals surface area (Å²) in [5, 5.41) is 6.00. The number of nitrogens with one attached hydrogen (secondary N) is 2. The molecule has 0 radical (unpaired) electrons. The van der Waals surface area contributed by atoms with Crippen molar-refractivity contribution in [2.75, 3.05) is 33.2 Å². The summed E-state index contributed by atoms with van der Waals surface area (Å²) in [5.41, 5.74) is 1.20. The van der Waals surface area contributed by atoms with Crippen LogP contribution in [0, 0.1) is 0 Å². The Balaban J connectivity index is 1.91. The predicted octanol–water partition coefficient (Wildman–Crippen LogP) is 1.99. The average molecular weight is 346 g/mol. The second kappa shape index (κ2) is 9.42. The third-order valence-corrected chi connectivity index (χ3v) is 4.86. The molecule has 0 bridgehead atoms. The third kappa shape index (κ3) is 5.46. The fourth-order valence-corrected chi connectivity index (χ4v) is 3.35. The van der Waals surface area contributed by atoms with Crippen LogP contribution in [0.2, 0.25) is 0 Å². The molecule has 1 fully saturated rings. The molecule has 1 aromatic carbocycles. The Kier molecular flexibility index (Phi) is 7.25. The van der Waals surface area contributed by atoms with Crippen molar-refractivity contribution in [2.45, 2.75) is 38.8 Å². The van der Waals surface area contributed by atoms with Gasteiger partial charge in [0.15, 0.2) is 0 Å². The van der Waals surface area contributed by atoms with Crippen LogP contribution in [0.3, 0.4) is 0 Å². The summed E-state index contributed by atoms with van der Waals surface area (Å²) < 4.78 is 0. The number of urea groups is 1. The molecule has 0 unspecified atom stereocenters. The second-order valence-corrected chi connectivity index (χ2v) is 6.51. The zero-order valence-corrected chi connectivity index (χ0v) is 15.5. The van der Waals surface area contributed by atoms with Crippen LogP contribution >= 0.6 is 0 Å². The molecule has 2 rings (SSSR count). The van der Waals surface area contributed by atoms with Crippen molar-refractivity contribution in [3.63, 3.8) is 0 Å². The van der Waals surface area contributed by atoms with Crippen molar-refractivity contribution in [1.29, 1.82) is 0 Å². The van der Waals surface area contributed by atoms with Gasteiger partial charge in [-0.25, -0.2) is 4.79 Å². The molecule has 25 heavy (non-hydrogen) atoms. The number of hydrogen-bond acceptors (Lipinski definition) is 3. The fraction of sp³-hybridized carbons (Fsp3) is 0.579. The first-order valence-electron chi connectivity index (χ1n) is 9.12. The van der Waals surface area contributed by atoms with Crippen LogP contribution in [0.5, 0.6) is 0 Å². The Morgan fingerprint density at radius 3 is 2.56 bits per heavy atom. The van der Waals surface area contributed by atoms with Crippen molar-refractivity contribution in [1.82, 2.24) is 20.4 Å². The van der Waals surface area contributed by atoms with E-state index in [1.54, 1.807) is 11.9 Å². The number of carbonyl (C=O) groups excluding carboxylic acids is 2. The minimum atomic E-state index is -0.166. The van der Waals surface area contributed by atoms with E-state index in [4.69, 9.17) is 0 Å². The molecule has 0 saturated carbocycles. The summed E-state index contributed by atoms with van der Waals surface area (Å²) >= 11 is 0. The molecule has 0 aromatic heterocycles. The van der Waals surface area contributed by atoms with E-state index < -0.39 is 0 Å². The number of likely N-dealkylation sites (tertiary alicyclic amines) is 1. The van der Waals surface area contributed by atoms with Crippen LogP contribution < -0.4 is 10.6 Å². The van der Waals surface area contributed by atoms with E-state index in [0.717, 1.165) is 13.1 Å². The molecule has 1 saturated heterocycles. The van der Waals surface area contributed by atoms with E-state index in [1.165, 1.54) is 5.56 Å². The fourth-order valence-electron chi connectivity index (χ4n) is 3.35. The van der Waals surface area contributed by atoms with E-state index >= 15 is 0 Å². The van der Waals surface area contributed by atoms with E-state index in [1.807, 2.05) is 18.2 Å². The highest BCUT2D eigenvalue weighted by Gasteiger charge is 2.24. The van der Waals surface area contributed by atoms with Gasteiger partial charge in [-0.2, -0.15) is 0 Å². The van der Waals surface area contributed by atoms with E-state index in [9.17, 15) is 9.59 Å². The largest absolute Gasteiger partial charge is 0.344 e. The summed E-state index contributed by atoms with van der Waals surface area (Å²) in [6, 6.07) is 10.3. The van der Waals surface area contributed by atoms with Crippen LogP contribution in [0.1, 0.15) is 38.3 Å². The van der Waals surface area contributed by atoms with Gasteiger partial charge in [-0.05, 0) is 25.1 Å². The molecule has 2 N–H and O–H groups in total. The second-order valence-electron chi connectivity index (χ2n) is 6.51. The van der Waals surface area contributed by atoms with Gasteiger partial charge in [0.2, 0.25) is 5.91 Å². The molecule has 0 aliphatic carbocycles. The molecule has 1 aliphatic rings. The molecule has 138 valence electrons. The Labute approximate surface area is 150 Å². The van der Waals surface area contributed by atoms with Crippen molar-refractivity contribution in [3.05, 3.63) is 35.9 Å². The zero-order chi connectivity index (χ0) is 18.2. The summed E-state index contributed by atoms with van der Waals surface area (Å²) in [5.74, 6) is 0.143. The van der Waals surface area contributed by atoms with E-state index in [0.29, 0.717) is 25.9 Å². The topological polar surface area (TPSA) is 64.7 Å². The molecule has 0 spiro atoms. The number of rotatable bonds is 7. The number of nitrogens with zero attached hydrogens (tertiary/aromatic N) is 2. The molecular weight excluding hydrogens is 316 g/mol. The van der Waals surface area contributed by atoms with Gasteiger partial charge in [0.05, 0.1) is 6.04 Å². The number of amides is 3. The molecule has 3 amide bonds. The van der Waals surface area contributed by atoms with Crippen molar-refractivity contribution in [3.8, 4) is 0 Å².